The lowest BCUT2D eigenvalue weighted by Gasteiger charge is -2.21. The van der Waals surface area contributed by atoms with E-state index in [1.807, 2.05) is 38.1 Å². The molecule has 5 nitrogen and oxygen atoms in total. The summed E-state index contributed by atoms with van der Waals surface area (Å²) in [6, 6.07) is 8.90. The van der Waals surface area contributed by atoms with Crippen LogP contribution < -0.4 is 10.6 Å². The number of amides is 2. The van der Waals surface area contributed by atoms with E-state index >= 15 is 0 Å². The molecule has 0 spiro atoms. The van der Waals surface area contributed by atoms with Crippen LogP contribution in [0, 0.1) is 6.92 Å². The van der Waals surface area contributed by atoms with Crippen LogP contribution >= 0.6 is 46.4 Å². The van der Waals surface area contributed by atoms with Gasteiger partial charge in [-0.15, -0.1) is 0 Å². The van der Waals surface area contributed by atoms with Gasteiger partial charge >= 0.3 is 0 Å². The first-order valence-corrected chi connectivity index (χ1v) is 10.4. The molecule has 0 aliphatic carbocycles. The third kappa shape index (κ3) is 6.76. The van der Waals surface area contributed by atoms with Gasteiger partial charge < -0.3 is 10.6 Å². The molecule has 0 radical (unpaired) electrons. The first kappa shape index (κ1) is 23.8. The molecule has 2 amide bonds. The SMILES string of the molecule is CCCN(CC(=O)Nc1ccccc1C)CC(=O)Nc1c(Cl)c(Cl)cc(Cl)c1Cl. The van der Waals surface area contributed by atoms with Gasteiger partial charge in [0.15, 0.2) is 0 Å². The molecule has 0 aromatic heterocycles. The van der Waals surface area contributed by atoms with Gasteiger partial charge in [0, 0.05) is 5.69 Å². The van der Waals surface area contributed by atoms with Crippen molar-refractivity contribution in [2.45, 2.75) is 20.3 Å². The Morgan fingerprint density at radius 2 is 1.48 bits per heavy atom. The average Bonchev–Trinajstić information content (AvgIpc) is 2.65. The average molecular weight is 477 g/mol. The fourth-order valence-electron chi connectivity index (χ4n) is 2.70. The van der Waals surface area contributed by atoms with Gasteiger partial charge in [0.1, 0.15) is 0 Å². The molecule has 0 bridgehead atoms. The zero-order chi connectivity index (χ0) is 21.6. The summed E-state index contributed by atoms with van der Waals surface area (Å²) in [5.74, 6) is -0.591. The molecule has 0 saturated heterocycles. The largest absolute Gasteiger partial charge is 0.325 e. The monoisotopic (exact) mass is 475 g/mol. The van der Waals surface area contributed by atoms with Crippen LogP contribution in [-0.2, 0) is 9.59 Å². The molecule has 0 fully saturated rings. The van der Waals surface area contributed by atoms with E-state index in [-0.39, 0.29) is 50.7 Å². The van der Waals surface area contributed by atoms with Gasteiger partial charge in [-0.05, 0) is 37.6 Å². The maximum absolute atomic E-state index is 12.5. The van der Waals surface area contributed by atoms with Crippen molar-refractivity contribution in [1.29, 1.82) is 0 Å². The summed E-state index contributed by atoms with van der Waals surface area (Å²) in [6.07, 6.45) is 0.773. The molecule has 0 unspecified atom stereocenters. The number of hydrogen-bond acceptors (Lipinski definition) is 3. The van der Waals surface area contributed by atoms with E-state index in [1.54, 1.807) is 4.90 Å². The molecule has 2 N–H and O–H groups in total. The van der Waals surface area contributed by atoms with Crippen LogP contribution in [0.4, 0.5) is 11.4 Å². The number of hydrogen-bond donors (Lipinski definition) is 2. The molecule has 2 aromatic carbocycles. The molecule has 9 heteroatoms. The predicted octanol–water partition coefficient (Wildman–Crippen LogP) is 5.90. The van der Waals surface area contributed by atoms with Crippen LogP contribution in [0.1, 0.15) is 18.9 Å². The lowest BCUT2D eigenvalue weighted by atomic mass is 10.2. The normalized spacial score (nSPS) is 10.9. The van der Waals surface area contributed by atoms with Gasteiger partial charge in [0.2, 0.25) is 11.8 Å². The Morgan fingerprint density at radius 1 is 0.931 bits per heavy atom. The highest BCUT2D eigenvalue weighted by Gasteiger charge is 2.19. The fourth-order valence-corrected chi connectivity index (χ4v) is 3.61. The number of rotatable bonds is 8. The van der Waals surface area contributed by atoms with Gasteiger partial charge in [0.25, 0.3) is 0 Å². The summed E-state index contributed by atoms with van der Waals surface area (Å²) in [4.78, 5) is 26.7. The molecule has 2 aromatic rings. The summed E-state index contributed by atoms with van der Waals surface area (Å²) < 4.78 is 0. The highest BCUT2D eigenvalue weighted by Crippen LogP contribution is 2.40. The predicted molar refractivity (Wildman–Crippen MR) is 122 cm³/mol. The van der Waals surface area contributed by atoms with Crippen LogP contribution in [0.5, 0.6) is 0 Å². The smallest absolute Gasteiger partial charge is 0.238 e. The Hall–Kier alpha value is -1.50. The minimum atomic E-state index is -0.385. The molecule has 0 saturated carbocycles. The van der Waals surface area contributed by atoms with Crippen molar-refractivity contribution in [3.8, 4) is 0 Å². The minimum Gasteiger partial charge on any atom is -0.325 e. The van der Waals surface area contributed by atoms with Crippen molar-refractivity contribution < 1.29 is 9.59 Å². The summed E-state index contributed by atoms with van der Waals surface area (Å²) in [5, 5.41) is 6.07. The summed E-state index contributed by atoms with van der Waals surface area (Å²) >= 11 is 24.3. The van der Waals surface area contributed by atoms with Gasteiger partial charge in [-0.25, -0.2) is 0 Å². The van der Waals surface area contributed by atoms with E-state index in [4.69, 9.17) is 46.4 Å². The summed E-state index contributed by atoms with van der Waals surface area (Å²) in [6.45, 7) is 4.48. The standard InChI is InChI=1S/C20H21Cl4N3O2/c1-3-8-27(10-16(28)25-15-7-5-4-6-12(15)2)11-17(29)26-20-18(23)13(21)9-14(22)19(20)24/h4-7,9H,3,8,10-11H2,1-2H3,(H,25,28)(H,26,29). The van der Waals surface area contributed by atoms with Crippen LogP contribution in [0.25, 0.3) is 0 Å². The van der Waals surface area contributed by atoms with Crippen molar-refractivity contribution in [2.24, 2.45) is 0 Å². The van der Waals surface area contributed by atoms with Crippen LogP contribution in [0.2, 0.25) is 20.1 Å². The number of nitrogens with one attached hydrogen (secondary N) is 2. The second-order valence-corrected chi connectivity index (χ2v) is 8.04. The number of aryl methyl sites for hydroxylation is 1. The fraction of sp³-hybridized carbons (Fsp3) is 0.300. The Balaban J connectivity index is 2.04. The van der Waals surface area contributed by atoms with E-state index in [9.17, 15) is 9.59 Å². The zero-order valence-electron chi connectivity index (χ0n) is 16.0. The molecular weight excluding hydrogens is 456 g/mol. The zero-order valence-corrected chi connectivity index (χ0v) is 19.0. The highest BCUT2D eigenvalue weighted by atomic mass is 35.5. The van der Waals surface area contributed by atoms with Crippen molar-refractivity contribution in [1.82, 2.24) is 4.90 Å². The van der Waals surface area contributed by atoms with Gasteiger partial charge in [-0.2, -0.15) is 0 Å². The van der Waals surface area contributed by atoms with Crippen LogP contribution in [0.15, 0.2) is 30.3 Å². The topological polar surface area (TPSA) is 61.4 Å². The number of para-hydroxylation sites is 1. The van der Waals surface area contributed by atoms with Crippen molar-refractivity contribution in [2.75, 3.05) is 30.3 Å². The lowest BCUT2D eigenvalue weighted by molar-refractivity contribution is -0.120. The Morgan fingerprint density at radius 3 is 2.03 bits per heavy atom. The number of carbonyl (C=O) groups is 2. The van der Waals surface area contributed by atoms with Crippen molar-refractivity contribution >= 4 is 69.6 Å². The molecule has 0 aliphatic heterocycles. The number of halogens is 4. The van der Waals surface area contributed by atoms with E-state index in [0.29, 0.717) is 6.54 Å². The lowest BCUT2D eigenvalue weighted by Crippen LogP contribution is -2.39. The molecule has 0 atom stereocenters. The highest BCUT2D eigenvalue weighted by molar-refractivity contribution is 6.50. The molecule has 2 rings (SSSR count). The van der Waals surface area contributed by atoms with Gasteiger partial charge in [-0.3, -0.25) is 14.5 Å². The number of benzene rings is 2. The quantitative estimate of drug-likeness (QED) is 0.466. The van der Waals surface area contributed by atoms with Gasteiger partial charge in [0.05, 0.1) is 38.9 Å². The Kier molecular flexibility index (Phi) is 9.05. The van der Waals surface area contributed by atoms with Crippen LogP contribution in [0.3, 0.4) is 0 Å². The molecule has 156 valence electrons. The van der Waals surface area contributed by atoms with E-state index in [0.717, 1.165) is 17.7 Å². The number of carbonyl (C=O) groups excluding carboxylic acids is 2. The summed E-state index contributed by atoms with van der Waals surface area (Å²) in [7, 11) is 0. The third-order valence-corrected chi connectivity index (χ3v) is 5.64. The molecule has 29 heavy (non-hydrogen) atoms. The Labute approximate surface area is 190 Å². The molecular formula is C20H21Cl4N3O2. The number of nitrogens with zero attached hydrogens (tertiary/aromatic N) is 1. The van der Waals surface area contributed by atoms with Crippen molar-refractivity contribution in [3.05, 3.63) is 56.0 Å². The molecule has 0 heterocycles. The van der Waals surface area contributed by atoms with E-state index in [2.05, 4.69) is 10.6 Å². The van der Waals surface area contributed by atoms with Gasteiger partial charge in [-0.1, -0.05) is 71.5 Å². The van der Waals surface area contributed by atoms with E-state index in [1.165, 1.54) is 6.07 Å². The minimum absolute atomic E-state index is 0.0220. The maximum Gasteiger partial charge on any atom is 0.238 e. The Bertz CT molecular complexity index is 879. The third-order valence-electron chi connectivity index (χ3n) is 4.07. The number of anilines is 2. The first-order chi connectivity index (χ1) is 13.7. The summed E-state index contributed by atoms with van der Waals surface area (Å²) in [5.41, 5.74) is 1.85. The van der Waals surface area contributed by atoms with Crippen molar-refractivity contribution in [3.63, 3.8) is 0 Å². The van der Waals surface area contributed by atoms with Crippen LogP contribution in [-0.4, -0.2) is 36.3 Å². The molecule has 0 aliphatic rings. The second-order valence-electron chi connectivity index (χ2n) is 6.47. The second kappa shape index (κ2) is 11.0. The maximum atomic E-state index is 12.5. The van der Waals surface area contributed by atoms with E-state index < -0.39 is 0 Å². The first-order valence-electron chi connectivity index (χ1n) is 8.93.